The summed E-state index contributed by atoms with van der Waals surface area (Å²) in [5.41, 5.74) is 11.8. The topological polar surface area (TPSA) is 213 Å². The van der Waals surface area contributed by atoms with Crippen LogP contribution in [0.2, 0.25) is 0 Å². The Morgan fingerprint density at radius 2 is 1.19 bits per heavy atom. The van der Waals surface area contributed by atoms with Crippen molar-refractivity contribution in [1.82, 2.24) is 15.1 Å². The Bertz CT molecular complexity index is 2870. The predicted octanol–water partition coefficient (Wildman–Crippen LogP) is 8.51. The van der Waals surface area contributed by atoms with Crippen molar-refractivity contribution in [3.05, 3.63) is 107 Å². The molecule has 4 aromatic rings. The van der Waals surface area contributed by atoms with Gasteiger partial charge in [0.2, 0.25) is 17.7 Å². The number of unbranched alkanes of at least 4 members (excludes halogenated alkanes) is 1. The van der Waals surface area contributed by atoms with E-state index in [1.807, 2.05) is 69.6 Å². The average Bonchev–Trinajstić information content (AvgIpc) is 3.97. The summed E-state index contributed by atoms with van der Waals surface area (Å²) in [4.78, 5) is 79.6. The lowest BCUT2D eigenvalue weighted by Gasteiger charge is -2.28. The number of hydrogen-bond acceptors (Lipinski definition) is 12. The van der Waals surface area contributed by atoms with E-state index in [-0.39, 0.29) is 48.9 Å². The molecule has 4 N–H and O–H groups in total. The molecule has 17 heteroatoms. The summed E-state index contributed by atoms with van der Waals surface area (Å²) < 4.78 is 29.0. The van der Waals surface area contributed by atoms with Gasteiger partial charge in [-0.2, -0.15) is 0 Å². The lowest BCUT2D eigenvalue weighted by molar-refractivity contribution is -0.136. The highest BCUT2D eigenvalue weighted by molar-refractivity contribution is 6.07. The molecule has 0 saturated carbocycles. The second-order valence-electron chi connectivity index (χ2n) is 18.9. The van der Waals surface area contributed by atoms with Gasteiger partial charge in [-0.05, 0) is 77.9 Å². The van der Waals surface area contributed by atoms with Gasteiger partial charge >= 0.3 is 0 Å². The van der Waals surface area contributed by atoms with E-state index >= 15 is 0 Å². The monoisotopic (exact) mass is 993 g/mol. The summed E-state index contributed by atoms with van der Waals surface area (Å²) in [6.45, 7) is 7.88. The van der Waals surface area contributed by atoms with Crippen molar-refractivity contribution in [3.8, 4) is 28.7 Å². The van der Waals surface area contributed by atoms with Crippen molar-refractivity contribution in [3.63, 3.8) is 0 Å². The molecule has 0 saturated heterocycles. The van der Waals surface area contributed by atoms with Crippen molar-refractivity contribution >= 4 is 70.2 Å². The predicted molar refractivity (Wildman–Crippen MR) is 279 cm³/mol. The first-order valence-corrected chi connectivity index (χ1v) is 24.7. The average molecular weight is 994 g/mol. The SMILES string of the molecule is CCCCC(C(N)=O)[C@@H](C(=O)N[C@@H](C)C(=O)Nc1ccc(C2=CN3C(=O)c4cc(OC)c(OCCCOc5cc6c(cc5OC)C(=O)N5C=C(c7ccc(OC)cc7)C[C@H]5C=N6)cc4N=C[C@@H]3C2)cc1)C(C)C. The number of fused-ring (bicyclic) bond motifs is 4. The van der Waals surface area contributed by atoms with Crippen LogP contribution in [0.5, 0.6) is 28.7 Å². The van der Waals surface area contributed by atoms with Gasteiger partial charge in [0.1, 0.15) is 11.8 Å². The number of hydrogen-bond donors (Lipinski definition) is 3. The third-order valence-corrected chi connectivity index (χ3v) is 13.7. The molecule has 0 bridgehead atoms. The maximum atomic E-state index is 14.1. The van der Waals surface area contributed by atoms with Crippen LogP contribution in [0, 0.1) is 17.8 Å². The fraction of sp³-hybridized carbons (Fsp3) is 0.375. The standard InChI is InChI=1S/C56H63N7O10/c1-8-9-11-42(52(57)64)51(32(2)3)54(66)60-33(4)53(65)61-38-16-12-34(13-17-38)36-22-39-28-58-45-26-49(47(70-6)24-43(45)55(67)62(39)30-36)72-20-10-21-73-50-27-46-44(25-48(50)71-7)56(68)63-31-37(23-40(63)29-59-46)35-14-18-41(69-5)19-15-35/h12-19,24-33,39-40,42,51H,8-11,20-23H2,1-7H3,(H2,57,64)(H,60,66)(H,61,65)/t33-,39-,40-,42?,51-/m0/s1. The first-order valence-electron chi connectivity index (χ1n) is 24.7. The van der Waals surface area contributed by atoms with Crippen LogP contribution in [-0.2, 0) is 14.4 Å². The molecule has 17 nitrogen and oxygen atoms in total. The van der Waals surface area contributed by atoms with E-state index in [4.69, 9.17) is 39.4 Å². The zero-order chi connectivity index (χ0) is 51.9. The minimum absolute atomic E-state index is 0.153. The highest BCUT2D eigenvalue weighted by Crippen LogP contribution is 2.42. The van der Waals surface area contributed by atoms with Crippen LogP contribution in [0.15, 0.2) is 95.2 Å². The molecule has 0 fully saturated rings. The lowest BCUT2D eigenvalue weighted by atomic mass is 9.79. The molecule has 4 aromatic carbocycles. The third-order valence-electron chi connectivity index (χ3n) is 13.7. The number of methoxy groups -OCH3 is 3. The number of carbonyl (C=O) groups is 5. The van der Waals surface area contributed by atoms with Crippen molar-refractivity contribution in [2.75, 3.05) is 39.9 Å². The summed E-state index contributed by atoms with van der Waals surface area (Å²) in [5.74, 6) is -0.734. The van der Waals surface area contributed by atoms with Gasteiger partial charge in [-0.3, -0.25) is 34.0 Å². The van der Waals surface area contributed by atoms with E-state index in [1.165, 1.54) is 14.2 Å². The maximum absolute atomic E-state index is 14.1. The van der Waals surface area contributed by atoms with Gasteiger partial charge in [-0.15, -0.1) is 0 Å². The van der Waals surface area contributed by atoms with Crippen LogP contribution in [0.3, 0.4) is 0 Å². The van der Waals surface area contributed by atoms with E-state index in [0.29, 0.717) is 76.9 Å². The number of nitrogens with one attached hydrogen (secondary N) is 2. The zero-order valence-electron chi connectivity index (χ0n) is 42.3. The van der Waals surface area contributed by atoms with Gasteiger partial charge in [0.25, 0.3) is 11.8 Å². The molecule has 8 rings (SSSR count). The molecule has 0 aliphatic carbocycles. The normalized spacial score (nSPS) is 17.7. The quantitative estimate of drug-likeness (QED) is 0.0677. The van der Waals surface area contributed by atoms with E-state index in [2.05, 4.69) is 10.6 Å². The molecule has 1 unspecified atom stereocenters. The summed E-state index contributed by atoms with van der Waals surface area (Å²) in [5, 5.41) is 5.65. The molecular weight excluding hydrogens is 931 g/mol. The molecule has 4 aliphatic heterocycles. The Kier molecular flexibility index (Phi) is 15.9. The number of aliphatic imine (C=N–C) groups is 2. The van der Waals surface area contributed by atoms with Gasteiger partial charge in [0.05, 0.1) is 75.0 Å². The molecule has 4 heterocycles. The molecule has 0 spiro atoms. The molecular formula is C56H63N7O10. The minimum atomic E-state index is -0.868. The molecule has 0 aromatic heterocycles. The Balaban J connectivity index is 0.849. The van der Waals surface area contributed by atoms with Gasteiger partial charge < -0.3 is 49.9 Å². The second-order valence-corrected chi connectivity index (χ2v) is 18.9. The minimum Gasteiger partial charge on any atom is -0.497 e. The Hall–Kier alpha value is -7.95. The zero-order valence-corrected chi connectivity index (χ0v) is 42.3. The van der Waals surface area contributed by atoms with Crippen molar-refractivity contribution in [1.29, 1.82) is 0 Å². The fourth-order valence-corrected chi connectivity index (χ4v) is 9.64. The Morgan fingerprint density at radius 3 is 1.64 bits per heavy atom. The third kappa shape index (κ3) is 11.3. The van der Waals surface area contributed by atoms with E-state index < -0.39 is 29.7 Å². The van der Waals surface area contributed by atoms with E-state index in [0.717, 1.165) is 40.9 Å². The van der Waals surface area contributed by atoms with E-state index in [9.17, 15) is 24.0 Å². The fourth-order valence-electron chi connectivity index (χ4n) is 9.64. The highest BCUT2D eigenvalue weighted by Gasteiger charge is 2.37. The van der Waals surface area contributed by atoms with Crippen molar-refractivity contribution < 1.29 is 47.7 Å². The molecule has 382 valence electrons. The van der Waals surface area contributed by atoms with Gasteiger partial charge in [-0.1, -0.05) is 57.9 Å². The summed E-state index contributed by atoms with van der Waals surface area (Å²) in [7, 11) is 4.67. The highest BCUT2D eigenvalue weighted by atomic mass is 16.5. The van der Waals surface area contributed by atoms with E-state index in [1.54, 1.807) is 72.7 Å². The number of amides is 5. The number of carbonyl (C=O) groups excluding carboxylic acids is 5. The second kappa shape index (κ2) is 22.6. The van der Waals surface area contributed by atoms with Crippen molar-refractivity contribution in [2.24, 2.45) is 33.5 Å². The van der Waals surface area contributed by atoms with Gasteiger partial charge in [-0.25, -0.2) is 0 Å². The van der Waals surface area contributed by atoms with Crippen LogP contribution < -0.4 is 40.1 Å². The lowest BCUT2D eigenvalue weighted by Crippen LogP contribution is -2.48. The molecule has 0 radical (unpaired) electrons. The number of benzene rings is 4. The number of anilines is 1. The van der Waals surface area contributed by atoms with Crippen LogP contribution in [-0.4, -0.2) is 104 Å². The largest absolute Gasteiger partial charge is 0.497 e. The number of ether oxygens (including phenoxy) is 5. The smallest absolute Gasteiger partial charge is 0.260 e. The van der Waals surface area contributed by atoms with Crippen LogP contribution in [0.1, 0.15) is 98.1 Å². The number of primary amides is 1. The van der Waals surface area contributed by atoms with Crippen LogP contribution in [0.25, 0.3) is 11.1 Å². The molecule has 4 aliphatic rings. The van der Waals surface area contributed by atoms with Crippen molar-refractivity contribution in [2.45, 2.75) is 84.3 Å². The Morgan fingerprint density at radius 1 is 0.685 bits per heavy atom. The van der Waals surface area contributed by atoms with Gasteiger partial charge in [0.15, 0.2) is 23.0 Å². The summed E-state index contributed by atoms with van der Waals surface area (Å²) in [6.07, 6.45) is 11.0. The van der Waals surface area contributed by atoms with Crippen LogP contribution in [0.4, 0.5) is 17.1 Å². The summed E-state index contributed by atoms with van der Waals surface area (Å²) in [6, 6.07) is 20.3. The molecule has 73 heavy (non-hydrogen) atoms. The number of nitrogens with two attached hydrogens (primary N) is 1. The first kappa shape index (κ1) is 51.4. The summed E-state index contributed by atoms with van der Waals surface area (Å²) >= 11 is 0. The van der Waals surface area contributed by atoms with Crippen LogP contribution >= 0.6 is 0 Å². The van der Waals surface area contributed by atoms with Gasteiger partial charge in [0, 0.05) is 67.8 Å². The number of nitrogens with zero attached hydrogens (tertiary/aromatic N) is 4. The molecule has 5 amide bonds. The maximum Gasteiger partial charge on any atom is 0.260 e. The first-order chi connectivity index (χ1) is 35.2. The number of rotatable bonds is 21. The molecule has 5 atom stereocenters. The Labute approximate surface area is 425 Å².